The number of alkyl halides is 5. The summed E-state index contributed by atoms with van der Waals surface area (Å²) in [5.41, 5.74) is -1.24. The Labute approximate surface area is 112 Å². The molecule has 0 fully saturated rings. The summed E-state index contributed by atoms with van der Waals surface area (Å²) in [4.78, 5) is 3.40. The van der Waals surface area contributed by atoms with Gasteiger partial charge in [0.15, 0.2) is 5.75 Å². The topological polar surface area (TPSA) is 45.9 Å². The summed E-state index contributed by atoms with van der Waals surface area (Å²) in [6.07, 6.45) is -7.95. The average Bonchev–Trinajstić information content (AvgIpc) is 2.21. The minimum absolute atomic E-state index is 0.237. The lowest BCUT2D eigenvalue weighted by atomic mass is 10.1. The van der Waals surface area contributed by atoms with Crippen LogP contribution >= 0.6 is 22.6 Å². The first kappa shape index (κ1) is 14.9. The predicted molar refractivity (Wildman–Crippen MR) is 57.9 cm³/mol. The predicted octanol–water partition coefficient (Wildman–Crippen LogP) is 3.59. The Morgan fingerprint density at radius 3 is 2.50 bits per heavy atom. The molecule has 0 amide bonds. The van der Waals surface area contributed by atoms with E-state index in [2.05, 4.69) is 9.72 Å². The first-order chi connectivity index (χ1) is 8.26. The maximum Gasteiger partial charge on any atom is 0.573 e. The number of nitrogens with zero attached hydrogens (tertiary/aromatic N) is 2. The summed E-state index contributed by atoms with van der Waals surface area (Å²) in [5, 5.41) is 8.49. The normalized spacial score (nSPS) is 11.4. The Balaban J connectivity index is 3.37. The molecule has 18 heavy (non-hydrogen) atoms. The monoisotopic (exact) mass is 378 g/mol. The van der Waals surface area contributed by atoms with Gasteiger partial charge in [-0.15, -0.1) is 13.2 Å². The molecule has 1 heterocycles. The van der Waals surface area contributed by atoms with E-state index in [0.29, 0.717) is 0 Å². The number of pyridine rings is 1. The van der Waals surface area contributed by atoms with Crippen LogP contribution in [0.15, 0.2) is 6.20 Å². The van der Waals surface area contributed by atoms with Gasteiger partial charge in [-0.25, -0.2) is 13.8 Å². The fourth-order valence-electron chi connectivity index (χ4n) is 1.19. The van der Waals surface area contributed by atoms with E-state index in [-0.39, 0.29) is 3.70 Å². The van der Waals surface area contributed by atoms with E-state index in [1.54, 1.807) is 0 Å². The Bertz CT molecular complexity index is 483. The number of rotatable bonds is 3. The fraction of sp³-hybridized carbons (Fsp3) is 0.333. The molecular weight excluding hydrogens is 374 g/mol. The summed E-state index contributed by atoms with van der Waals surface area (Å²) in [7, 11) is 0. The van der Waals surface area contributed by atoms with Gasteiger partial charge in [-0.1, -0.05) is 0 Å². The van der Waals surface area contributed by atoms with E-state index in [0.717, 1.165) is 6.20 Å². The fourth-order valence-corrected chi connectivity index (χ4v) is 1.76. The van der Waals surface area contributed by atoms with Gasteiger partial charge in [-0.05, 0) is 22.6 Å². The average molecular weight is 378 g/mol. The first-order valence-electron chi connectivity index (χ1n) is 4.34. The molecule has 0 spiro atoms. The summed E-state index contributed by atoms with van der Waals surface area (Å²) in [6.45, 7) is 0. The van der Waals surface area contributed by atoms with Crippen LogP contribution in [0.3, 0.4) is 0 Å². The molecule has 0 radical (unpaired) electrons. The molecule has 3 nitrogen and oxygen atoms in total. The molecule has 0 aliphatic carbocycles. The molecule has 0 saturated heterocycles. The van der Waals surface area contributed by atoms with Crippen molar-refractivity contribution in [3.8, 4) is 11.8 Å². The van der Waals surface area contributed by atoms with E-state index in [1.807, 2.05) is 0 Å². The zero-order chi connectivity index (χ0) is 13.9. The zero-order valence-corrected chi connectivity index (χ0v) is 10.6. The van der Waals surface area contributed by atoms with E-state index >= 15 is 0 Å². The van der Waals surface area contributed by atoms with Crippen LogP contribution in [0.4, 0.5) is 22.0 Å². The van der Waals surface area contributed by atoms with Crippen LogP contribution in [-0.2, 0) is 6.42 Å². The molecule has 0 saturated carbocycles. The molecule has 9 heteroatoms. The van der Waals surface area contributed by atoms with Gasteiger partial charge in [0.2, 0.25) is 0 Å². The van der Waals surface area contributed by atoms with Crippen LogP contribution < -0.4 is 4.74 Å². The van der Waals surface area contributed by atoms with Gasteiger partial charge >= 0.3 is 6.36 Å². The van der Waals surface area contributed by atoms with Crippen molar-refractivity contribution in [2.24, 2.45) is 0 Å². The van der Waals surface area contributed by atoms with Crippen LogP contribution in [0.1, 0.15) is 17.6 Å². The molecule has 0 atom stereocenters. The highest BCUT2D eigenvalue weighted by molar-refractivity contribution is 14.1. The maximum absolute atomic E-state index is 12.6. The van der Waals surface area contributed by atoms with Gasteiger partial charge in [0, 0.05) is 17.3 Å². The number of nitriles is 1. The van der Waals surface area contributed by atoms with Crippen LogP contribution in [0.5, 0.6) is 5.75 Å². The zero-order valence-electron chi connectivity index (χ0n) is 8.43. The lowest BCUT2D eigenvalue weighted by Crippen LogP contribution is -2.20. The Hall–Kier alpha value is -1.18. The third-order valence-corrected chi connectivity index (χ3v) is 2.60. The maximum atomic E-state index is 12.6. The molecule has 1 rings (SSSR count). The number of halogens is 6. The van der Waals surface area contributed by atoms with Gasteiger partial charge in [0.1, 0.15) is 3.70 Å². The summed E-state index contributed by atoms with van der Waals surface area (Å²) in [5.74, 6) is -0.845. The van der Waals surface area contributed by atoms with Gasteiger partial charge < -0.3 is 4.74 Å². The third-order valence-electron chi connectivity index (χ3n) is 1.84. The van der Waals surface area contributed by atoms with Crippen molar-refractivity contribution < 1.29 is 26.7 Å². The Morgan fingerprint density at radius 1 is 1.44 bits per heavy atom. The number of hydrogen-bond donors (Lipinski definition) is 0. The van der Waals surface area contributed by atoms with Crippen molar-refractivity contribution in [3.05, 3.63) is 21.0 Å². The number of aromatic nitrogens is 1. The highest BCUT2D eigenvalue weighted by atomic mass is 127. The van der Waals surface area contributed by atoms with E-state index in [4.69, 9.17) is 5.26 Å². The lowest BCUT2D eigenvalue weighted by molar-refractivity contribution is -0.275. The van der Waals surface area contributed by atoms with Gasteiger partial charge in [0.05, 0.1) is 12.5 Å². The van der Waals surface area contributed by atoms with Crippen molar-refractivity contribution in [1.29, 1.82) is 5.26 Å². The molecule has 0 aliphatic rings. The van der Waals surface area contributed by atoms with Crippen molar-refractivity contribution >= 4 is 22.6 Å². The second-order valence-corrected chi connectivity index (χ2v) is 4.02. The quantitative estimate of drug-likeness (QED) is 0.459. The second-order valence-electron chi connectivity index (χ2n) is 3.00. The van der Waals surface area contributed by atoms with Crippen LogP contribution in [0.2, 0.25) is 0 Å². The largest absolute Gasteiger partial charge is 0.573 e. The van der Waals surface area contributed by atoms with Gasteiger partial charge in [-0.2, -0.15) is 5.26 Å². The molecule has 1 aromatic rings. The van der Waals surface area contributed by atoms with Crippen molar-refractivity contribution in [2.75, 3.05) is 0 Å². The minimum atomic E-state index is -5.04. The molecule has 0 aliphatic heterocycles. The molecule has 98 valence electrons. The highest BCUT2D eigenvalue weighted by Gasteiger charge is 2.34. The SMILES string of the molecule is N#CCc1c(C(F)F)cnc(I)c1OC(F)(F)F. The van der Waals surface area contributed by atoms with E-state index < -0.39 is 36.1 Å². The standard InChI is InChI=1S/C9H4F5IN2O/c10-7(11)5-3-17-8(15)6(4(5)1-2-16)18-9(12,13)14/h3,7H,1H2. The Morgan fingerprint density at radius 2 is 2.06 bits per heavy atom. The van der Waals surface area contributed by atoms with E-state index in [9.17, 15) is 22.0 Å². The molecular formula is C9H4F5IN2O. The van der Waals surface area contributed by atoms with Gasteiger partial charge in [0.25, 0.3) is 6.43 Å². The molecule has 1 aromatic heterocycles. The highest BCUT2D eigenvalue weighted by Crippen LogP contribution is 2.35. The molecule has 0 unspecified atom stereocenters. The van der Waals surface area contributed by atoms with Gasteiger partial charge in [-0.3, -0.25) is 0 Å². The van der Waals surface area contributed by atoms with Crippen LogP contribution in [0, 0.1) is 15.0 Å². The van der Waals surface area contributed by atoms with Crippen molar-refractivity contribution in [1.82, 2.24) is 4.98 Å². The number of hydrogen-bond acceptors (Lipinski definition) is 3. The minimum Gasteiger partial charge on any atom is -0.403 e. The van der Waals surface area contributed by atoms with Crippen LogP contribution in [-0.4, -0.2) is 11.3 Å². The third kappa shape index (κ3) is 3.66. The molecule has 0 N–H and O–H groups in total. The van der Waals surface area contributed by atoms with E-state index in [1.165, 1.54) is 28.7 Å². The summed E-state index contributed by atoms with van der Waals surface area (Å²) in [6, 6.07) is 1.52. The summed E-state index contributed by atoms with van der Waals surface area (Å²) < 4.78 is 65.1. The Kier molecular flexibility index (Phi) is 4.66. The van der Waals surface area contributed by atoms with Crippen molar-refractivity contribution in [2.45, 2.75) is 19.2 Å². The van der Waals surface area contributed by atoms with Crippen molar-refractivity contribution in [3.63, 3.8) is 0 Å². The first-order valence-corrected chi connectivity index (χ1v) is 5.42. The molecule has 0 aromatic carbocycles. The second kappa shape index (κ2) is 5.64. The van der Waals surface area contributed by atoms with Crippen LogP contribution in [0.25, 0.3) is 0 Å². The summed E-state index contributed by atoms with van der Waals surface area (Å²) >= 11 is 1.42. The lowest BCUT2D eigenvalue weighted by Gasteiger charge is -2.15. The smallest absolute Gasteiger partial charge is 0.403 e. The number of ether oxygens (including phenoxy) is 1. The molecule has 0 bridgehead atoms.